The monoisotopic (exact) mass is 323 g/mol. The van der Waals surface area contributed by atoms with E-state index < -0.39 is 0 Å². The van der Waals surface area contributed by atoms with E-state index in [1.807, 2.05) is 22.7 Å². The Morgan fingerprint density at radius 3 is 2.92 bits per heavy atom. The van der Waals surface area contributed by atoms with Crippen molar-refractivity contribution < 1.29 is 4.79 Å². The van der Waals surface area contributed by atoms with E-state index in [-0.39, 0.29) is 11.9 Å². The lowest BCUT2D eigenvalue weighted by Crippen LogP contribution is -2.50. The molecule has 6 heteroatoms. The van der Waals surface area contributed by atoms with Crippen LogP contribution in [-0.2, 0) is 7.05 Å². The smallest absolute Gasteiger partial charge is 0.254 e. The van der Waals surface area contributed by atoms with Crippen molar-refractivity contribution >= 4 is 5.91 Å². The second kappa shape index (κ2) is 6.85. The van der Waals surface area contributed by atoms with Gasteiger partial charge in [0, 0.05) is 44.6 Å². The van der Waals surface area contributed by atoms with Crippen LogP contribution in [0.4, 0.5) is 0 Å². The topological polar surface area (TPSA) is 65.2 Å². The zero-order valence-electron chi connectivity index (χ0n) is 14.0. The Bertz CT molecular complexity index is 776. The third-order valence-corrected chi connectivity index (χ3v) is 4.58. The normalized spacial score (nSPS) is 18.4. The van der Waals surface area contributed by atoms with E-state index in [4.69, 9.17) is 5.26 Å². The summed E-state index contributed by atoms with van der Waals surface area (Å²) in [5.74, 6) is 0.946. The number of nitriles is 1. The Kier molecular flexibility index (Phi) is 4.63. The molecule has 1 aliphatic heterocycles. The number of rotatable bonds is 3. The van der Waals surface area contributed by atoms with Crippen LogP contribution < -0.4 is 0 Å². The zero-order chi connectivity index (χ0) is 17.1. The Hall–Kier alpha value is -2.65. The molecule has 2 heterocycles. The van der Waals surface area contributed by atoms with Gasteiger partial charge in [0.15, 0.2) is 0 Å². The van der Waals surface area contributed by atoms with Gasteiger partial charge in [-0.3, -0.25) is 9.69 Å². The second-order valence-electron chi connectivity index (χ2n) is 5.98. The van der Waals surface area contributed by atoms with Gasteiger partial charge in [-0.2, -0.15) is 5.26 Å². The summed E-state index contributed by atoms with van der Waals surface area (Å²) in [5.41, 5.74) is 1.08. The molecule has 24 heavy (non-hydrogen) atoms. The molecule has 0 N–H and O–H groups in total. The number of imidazole rings is 1. The summed E-state index contributed by atoms with van der Waals surface area (Å²) < 4.78 is 2.01. The van der Waals surface area contributed by atoms with Gasteiger partial charge in [0.25, 0.3) is 5.91 Å². The Labute approximate surface area is 141 Å². The van der Waals surface area contributed by atoms with E-state index in [1.54, 1.807) is 30.5 Å². The lowest BCUT2D eigenvalue weighted by atomic mass is 10.1. The second-order valence-corrected chi connectivity index (χ2v) is 5.98. The number of hydrogen-bond donors (Lipinski definition) is 0. The van der Waals surface area contributed by atoms with Crippen LogP contribution in [0, 0.1) is 11.3 Å². The summed E-state index contributed by atoms with van der Waals surface area (Å²) in [6.07, 6.45) is 3.72. The minimum Gasteiger partial charge on any atom is -0.337 e. The molecule has 0 saturated carbocycles. The van der Waals surface area contributed by atoms with Crippen molar-refractivity contribution in [3.8, 4) is 6.07 Å². The Morgan fingerprint density at radius 1 is 1.42 bits per heavy atom. The molecule has 0 spiro atoms. The molecule has 3 rings (SSSR count). The molecule has 1 aliphatic rings. The molecule has 0 radical (unpaired) electrons. The number of nitrogens with zero attached hydrogens (tertiary/aromatic N) is 5. The van der Waals surface area contributed by atoms with Crippen molar-refractivity contribution in [2.24, 2.45) is 7.05 Å². The molecule has 2 aromatic rings. The minimum absolute atomic E-state index is 0.0259. The number of hydrogen-bond acceptors (Lipinski definition) is 4. The minimum atomic E-state index is -0.0259. The maximum atomic E-state index is 12.8. The highest BCUT2D eigenvalue weighted by Gasteiger charge is 2.32. The third kappa shape index (κ3) is 3.03. The van der Waals surface area contributed by atoms with Crippen molar-refractivity contribution in [3.63, 3.8) is 0 Å². The van der Waals surface area contributed by atoms with Gasteiger partial charge in [-0.05, 0) is 24.7 Å². The predicted octanol–water partition coefficient (Wildman–Crippen LogP) is 1.81. The molecule has 1 aromatic heterocycles. The van der Waals surface area contributed by atoms with Crippen LogP contribution in [0.5, 0.6) is 0 Å². The summed E-state index contributed by atoms with van der Waals surface area (Å²) in [6, 6.07) is 9.07. The van der Waals surface area contributed by atoms with Gasteiger partial charge in [-0.15, -0.1) is 0 Å². The fourth-order valence-corrected chi connectivity index (χ4v) is 3.23. The van der Waals surface area contributed by atoms with Gasteiger partial charge >= 0.3 is 0 Å². The van der Waals surface area contributed by atoms with Crippen LogP contribution in [0.15, 0.2) is 36.7 Å². The van der Waals surface area contributed by atoms with E-state index in [2.05, 4.69) is 22.9 Å². The van der Waals surface area contributed by atoms with Gasteiger partial charge in [0.1, 0.15) is 5.82 Å². The molecule has 1 aromatic carbocycles. The Morgan fingerprint density at radius 2 is 2.25 bits per heavy atom. The zero-order valence-corrected chi connectivity index (χ0v) is 14.0. The predicted molar refractivity (Wildman–Crippen MR) is 90.3 cm³/mol. The van der Waals surface area contributed by atoms with Gasteiger partial charge in [0.05, 0.1) is 17.7 Å². The summed E-state index contributed by atoms with van der Waals surface area (Å²) in [4.78, 5) is 21.5. The molecule has 1 amide bonds. The Balaban J connectivity index is 1.83. The van der Waals surface area contributed by atoms with Crippen molar-refractivity contribution in [3.05, 3.63) is 53.6 Å². The van der Waals surface area contributed by atoms with Crippen LogP contribution >= 0.6 is 0 Å². The summed E-state index contributed by atoms with van der Waals surface area (Å²) in [6.45, 7) is 5.16. The van der Waals surface area contributed by atoms with Gasteiger partial charge in [0.2, 0.25) is 0 Å². The fourth-order valence-electron chi connectivity index (χ4n) is 3.23. The van der Waals surface area contributed by atoms with Gasteiger partial charge in [-0.25, -0.2) is 4.98 Å². The lowest BCUT2D eigenvalue weighted by molar-refractivity contribution is 0.0473. The van der Waals surface area contributed by atoms with E-state index in [0.717, 1.165) is 18.9 Å². The first-order valence-corrected chi connectivity index (χ1v) is 8.14. The van der Waals surface area contributed by atoms with Crippen LogP contribution in [0.1, 0.15) is 34.7 Å². The molecule has 1 atom stereocenters. The maximum absolute atomic E-state index is 12.8. The van der Waals surface area contributed by atoms with E-state index in [1.165, 1.54) is 0 Å². The molecule has 1 saturated heterocycles. The lowest BCUT2D eigenvalue weighted by Gasteiger charge is -2.40. The summed E-state index contributed by atoms with van der Waals surface area (Å²) in [7, 11) is 1.98. The number of amides is 1. The largest absolute Gasteiger partial charge is 0.337 e. The number of carbonyl (C=O) groups is 1. The fraction of sp³-hybridized carbons (Fsp3) is 0.389. The number of aryl methyl sites for hydroxylation is 1. The quantitative estimate of drug-likeness (QED) is 0.864. The molecule has 124 valence electrons. The standard InChI is InChI=1S/C18H21N5O/c1-3-22-9-10-23(13-16(22)17-20-7-8-21(17)2)18(24)15-6-4-5-14(11-15)12-19/h4-8,11,16H,3,9-10,13H2,1-2H3/t16-/m0/s1. The summed E-state index contributed by atoms with van der Waals surface area (Å²) in [5, 5.41) is 9.03. The van der Waals surface area contributed by atoms with Crippen molar-refractivity contribution in [1.82, 2.24) is 19.4 Å². The van der Waals surface area contributed by atoms with Crippen molar-refractivity contribution in [2.45, 2.75) is 13.0 Å². The SMILES string of the molecule is CCN1CCN(C(=O)c2cccc(C#N)c2)C[C@H]1c1nccn1C. The summed E-state index contributed by atoms with van der Waals surface area (Å²) >= 11 is 0. The molecule has 0 unspecified atom stereocenters. The van der Waals surface area contributed by atoms with E-state index >= 15 is 0 Å². The van der Waals surface area contributed by atoms with Crippen molar-refractivity contribution in [1.29, 1.82) is 5.26 Å². The highest BCUT2D eigenvalue weighted by molar-refractivity contribution is 5.94. The molecule has 1 fully saturated rings. The van der Waals surface area contributed by atoms with Gasteiger partial charge < -0.3 is 9.47 Å². The average molecular weight is 323 g/mol. The van der Waals surface area contributed by atoms with Crippen LogP contribution in [0.25, 0.3) is 0 Å². The third-order valence-electron chi connectivity index (χ3n) is 4.58. The number of piperazine rings is 1. The maximum Gasteiger partial charge on any atom is 0.254 e. The number of benzene rings is 1. The van der Waals surface area contributed by atoms with Crippen LogP contribution in [0.3, 0.4) is 0 Å². The molecule has 0 bridgehead atoms. The first-order valence-electron chi connectivity index (χ1n) is 8.14. The van der Waals surface area contributed by atoms with Gasteiger partial charge in [-0.1, -0.05) is 13.0 Å². The van der Waals surface area contributed by atoms with Crippen LogP contribution in [0.2, 0.25) is 0 Å². The molecule has 6 nitrogen and oxygen atoms in total. The van der Waals surface area contributed by atoms with Crippen LogP contribution in [-0.4, -0.2) is 51.4 Å². The first kappa shape index (κ1) is 16.2. The first-order chi connectivity index (χ1) is 11.6. The highest BCUT2D eigenvalue weighted by atomic mass is 16.2. The number of carbonyl (C=O) groups excluding carboxylic acids is 1. The van der Waals surface area contributed by atoms with E-state index in [0.29, 0.717) is 24.2 Å². The van der Waals surface area contributed by atoms with E-state index in [9.17, 15) is 4.79 Å². The average Bonchev–Trinajstić information content (AvgIpc) is 3.06. The molecule has 0 aliphatic carbocycles. The highest BCUT2D eigenvalue weighted by Crippen LogP contribution is 2.24. The molecular weight excluding hydrogens is 302 g/mol. The number of likely N-dealkylation sites (N-methyl/N-ethyl adjacent to an activating group) is 1. The number of aromatic nitrogens is 2. The van der Waals surface area contributed by atoms with Crippen molar-refractivity contribution in [2.75, 3.05) is 26.2 Å². The molecular formula is C18H21N5O.